The number of anilines is 1. The highest BCUT2D eigenvalue weighted by atomic mass is 16.2. The summed E-state index contributed by atoms with van der Waals surface area (Å²) >= 11 is 0. The maximum atomic E-state index is 12.4. The van der Waals surface area contributed by atoms with Crippen LogP contribution < -0.4 is 4.90 Å². The first kappa shape index (κ1) is 13.8. The summed E-state index contributed by atoms with van der Waals surface area (Å²) in [5.74, 6) is 0.0497. The SMILES string of the molecule is CCCCC(C)C1CC(=O)N(c2ccccc2)C1=O. The molecule has 0 radical (unpaired) electrons. The van der Waals surface area contributed by atoms with Crippen molar-refractivity contribution in [3.8, 4) is 0 Å². The molecule has 2 rings (SSSR count). The van der Waals surface area contributed by atoms with Crippen molar-refractivity contribution in [3.05, 3.63) is 30.3 Å². The largest absolute Gasteiger partial charge is 0.274 e. The van der Waals surface area contributed by atoms with Gasteiger partial charge in [-0.2, -0.15) is 0 Å². The van der Waals surface area contributed by atoms with Crippen LogP contribution >= 0.6 is 0 Å². The normalized spacial score (nSPS) is 20.9. The van der Waals surface area contributed by atoms with Gasteiger partial charge < -0.3 is 0 Å². The molecule has 1 fully saturated rings. The van der Waals surface area contributed by atoms with E-state index in [2.05, 4.69) is 13.8 Å². The van der Waals surface area contributed by atoms with Crippen LogP contribution in [-0.2, 0) is 9.59 Å². The summed E-state index contributed by atoms with van der Waals surface area (Å²) < 4.78 is 0. The number of rotatable bonds is 5. The summed E-state index contributed by atoms with van der Waals surface area (Å²) in [6, 6.07) is 9.22. The van der Waals surface area contributed by atoms with Gasteiger partial charge in [0.2, 0.25) is 11.8 Å². The predicted molar refractivity (Wildman–Crippen MR) is 75.7 cm³/mol. The monoisotopic (exact) mass is 259 g/mol. The second-order valence-corrected chi connectivity index (χ2v) is 5.33. The quantitative estimate of drug-likeness (QED) is 0.760. The zero-order valence-corrected chi connectivity index (χ0v) is 11.6. The average molecular weight is 259 g/mol. The molecule has 1 aromatic rings. The van der Waals surface area contributed by atoms with E-state index in [9.17, 15) is 9.59 Å². The van der Waals surface area contributed by atoms with Crippen molar-refractivity contribution in [2.45, 2.75) is 39.5 Å². The van der Waals surface area contributed by atoms with E-state index >= 15 is 0 Å². The van der Waals surface area contributed by atoms with Gasteiger partial charge in [0.15, 0.2) is 0 Å². The lowest BCUT2D eigenvalue weighted by atomic mass is 9.88. The number of amides is 2. The van der Waals surface area contributed by atoms with Crippen molar-refractivity contribution in [2.75, 3.05) is 4.90 Å². The van der Waals surface area contributed by atoms with Crippen LogP contribution in [0.4, 0.5) is 5.69 Å². The number of unbranched alkanes of at least 4 members (excludes halogenated alkanes) is 1. The maximum Gasteiger partial charge on any atom is 0.237 e. The van der Waals surface area contributed by atoms with Crippen LogP contribution in [0.3, 0.4) is 0 Å². The molecule has 3 nitrogen and oxygen atoms in total. The summed E-state index contributed by atoms with van der Waals surface area (Å²) in [5, 5.41) is 0. The molecule has 102 valence electrons. The molecule has 1 aromatic carbocycles. The van der Waals surface area contributed by atoms with Crippen LogP contribution in [0.2, 0.25) is 0 Å². The molecule has 19 heavy (non-hydrogen) atoms. The molecule has 2 atom stereocenters. The third-order valence-electron chi connectivity index (χ3n) is 3.90. The van der Waals surface area contributed by atoms with Crippen LogP contribution in [0.1, 0.15) is 39.5 Å². The van der Waals surface area contributed by atoms with E-state index in [1.165, 1.54) is 4.90 Å². The summed E-state index contributed by atoms with van der Waals surface area (Å²) in [7, 11) is 0. The first-order valence-electron chi connectivity index (χ1n) is 7.07. The van der Waals surface area contributed by atoms with Gasteiger partial charge in [0.05, 0.1) is 11.6 Å². The molecule has 2 amide bonds. The Morgan fingerprint density at radius 3 is 2.58 bits per heavy atom. The summed E-state index contributed by atoms with van der Waals surface area (Å²) in [4.78, 5) is 25.9. The minimum Gasteiger partial charge on any atom is -0.274 e. The number of hydrogen-bond acceptors (Lipinski definition) is 2. The molecular formula is C16H21NO2. The fourth-order valence-corrected chi connectivity index (χ4v) is 2.68. The Morgan fingerprint density at radius 1 is 1.26 bits per heavy atom. The number of hydrogen-bond donors (Lipinski definition) is 0. The van der Waals surface area contributed by atoms with Crippen molar-refractivity contribution in [1.29, 1.82) is 0 Å². The number of carbonyl (C=O) groups excluding carboxylic acids is 2. The summed E-state index contributed by atoms with van der Waals surface area (Å²) in [5.41, 5.74) is 0.697. The number of nitrogens with zero attached hydrogens (tertiary/aromatic N) is 1. The summed E-state index contributed by atoms with van der Waals surface area (Å²) in [6.07, 6.45) is 3.62. The fourth-order valence-electron chi connectivity index (χ4n) is 2.68. The van der Waals surface area contributed by atoms with E-state index in [0.29, 0.717) is 12.1 Å². The van der Waals surface area contributed by atoms with E-state index in [1.54, 1.807) is 0 Å². The minimum atomic E-state index is -0.140. The first-order valence-corrected chi connectivity index (χ1v) is 7.07. The molecule has 0 spiro atoms. The summed E-state index contributed by atoms with van der Waals surface area (Å²) in [6.45, 7) is 4.23. The minimum absolute atomic E-state index is 0.0280. The van der Waals surface area contributed by atoms with Crippen molar-refractivity contribution in [1.82, 2.24) is 0 Å². The van der Waals surface area contributed by atoms with Gasteiger partial charge in [-0.25, -0.2) is 0 Å². The van der Waals surface area contributed by atoms with Crippen LogP contribution in [0.5, 0.6) is 0 Å². The van der Waals surface area contributed by atoms with Crippen molar-refractivity contribution >= 4 is 17.5 Å². The lowest BCUT2D eigenvalue weighted by molar-refractivity contribution is -0.122. The Hall–Kier alpha value is -1.64. The molecule has 0 saturated carbocycles. The zero-order valence-electron chi connectivity index (χ0n) is 11.6. The van der Waals surface area contributed by atoms with Crippen LogP contribution in [0.15, 0.2) is 30.3 Å². The molecule has 0 aromatic heterocycles. The molecule has 0 aliphatic carbocycles. The number of para-hydroxylation sites is 1. The lowest BCUT2D eigenvalue weighted by Gasteiger charge is -2.18. The Bertz CT molecular complexity index is 455. The topological polar surface area (TPSA) is 37.4 Å². The molecule has 0 N–H and O–H groups in total. The van der Waals surface area contributed by atoms with Crippen molar-refractivity contribution < 1.29 is 9.59 Å². The molecule has 1 saturated heterocycles. The van der Waals surface area contributed by atoms with Gasteiger partial charge in [0.1, 0.15) is 0 Å². The Kier molecular flexibility index (Phi) is 4.35. The molecule has 1 heterocycles. The van der Waals surface area contributed by atoms with Crippen LogP contribution in [0.25, 0.3) is 0 Å². The lowest BCUT2D eigenvalue weighted by Crippen LogP contribution is -2.31. The number of carbonyl (C=O) groups is 2. The molecule has 3 heteroatoms. The van der Waals surface area contributed by atoms with Gasteiger partial charge >= 0.3 is 0 Å². The van der Waals surface area contributed by atoms with Crippen LogP contribution in [-0.4, -0.2) is 11.8 Å². The third kappa shape index (κ3) is 2.86. The zero-order chi connectivity index (χ0) is 13.8. The highest BCUT2D eigenvalue weighted by Gasteiger charge is 2.41. The second kappa shape index (κ2) is 6.00. The van der Waals surface area contributed by atoms with E-state index in [4.69, 9.17) is 0 Å². The van der Waals surface area contributed by atoms with Crippen molar-refractivity contribution in [2.24, 2.45) is 11.8 Å². The third-order valence-corrected chi connectivity index (χ3v) is 3.90. The molecule has 1 aliphatic heterocycles. The molecule has 0 bridgehead atoms. The predicted octanol–water partition coefficient (Wildman–Crippen LogP) is 3.39. The van der Waals surface area contributed by atoms with Gasteiger partial charge in [-0.3, -0.25) is 14.5 Å². The number of benzene rings is 1. The molecular weight excluding hydrogens is 238 g/mol. The van der Waals surface area contributed by atoms with E-state index in [-0.39, 0.29) is 23.7 Å². The van der Waals surface area contributed by atoms with Gasteiger partial charge in [0.25, 0.3) is 0 Å². The van der Waals surface area contributed by atoms with E-state index in [0.717, 1.165) is 19.3 Å². The van der Waals surface area contributed by atoms with Gasteiger partial charge in [-0.1, -0.05) is 44.9 Å². The average Bonchev–Trinajstić information content (AvgIpc) is 2.72. The van der Waals surface area contributed by atoms with E-state index in [1.807, 2.05) is 30.3 Å². The Labute approximate surface area is 114 Å². The highest BCUT2D eigenvalue weighted by molar-refractivity contribution is 6.20. The smallest absolute Gasteiger partial charge is 0.237 e. The van der Waals surface area contributed by atoms with Crippen molar-refractivity contribution in [3.63, 3.8) is 0 Å². The maximum absolute atomic E-state index is 12.4. The molecule has 2 unspecified atom stereocenters. The first-order chi connectivity index (χ1) is 9.15. The Balaban J connectivity index is 2.13. The highest BCUT2D eigenvalue weighted by Crippen LogP contribution is 2.32. The van der Waals surface area contributed by atoms with Gasteiger partial charge in [0, 0.05) is 6.42 Å². The second-order valence-electron chi connectivity index (χ2n) is 5.33. The number of imide groups is 1. The fraction of sp³-hybridized carbons (Fsp3) is 0.500. The standard InChI is InChI=1S/C16H21NO2/c1-3-4-8-12(2)14-11-15(18)17(16(14)19)13-9-6-5-7-10-13/h5-7,9-10,12,14H,3-4,8,11H2,1-2H3. The Morgan fingerprint density at radius 2 is 1.95 bits per heavy atom. The molecule has 1 aliphatic rings. The van der Waals surface area contributed by atoms with Crippen LogP contribution in [0, 0.1) is 11.8 Å². The van der Waals surface area contributed by atoms with Gasteiger partial charge in [-0.05, 0) is 24.5 Å². The van der Waals surface area contributed by atoms with E-state index < -0.39 is 0 Å². The van der Waals surface area contributed by atoms with Gasteiger partial charge in [-0.15, -0.1) is 0 Å².